The molecule has 0 aliphatic rings. The average molecular weight is 570 g/mol. The molecule has 0 saturated carbocycles. The molecule has 0 unspecified atom stereocenters. The van der Waals surface area contributed by atoms with E-state index in [1.807, 2.05) is 24.3 Å². The summed E-state index contributed by atoms with van der Waals surface area (Å²) >= 11 is 7.80. The number of hydrogen-bond acceptors (Lipinski definition) is 2. The summed E-state index contributed by atoms with van der Waals surface area (Å²) in [6, 6.07) is 46.0. The smallest absolute Gasteiger partial charge is 0.0616 e. The van der Waals surface area contributed by atoms with E-state index < -0.39 is 0 Å². The van der Waals surface area contributed by atoms with Crippen LogP contribution in [0.4, 0.5) is 34.1 Å². The first-order valence-electron chi connectivity index (χ1n) is 11.0. The van der Waals surface area contributed by atoms with Crippen LogP contribution >= 0.6 is 31.9 Å². The van der Waals surface area contributed by atoms with Crippen molar-refractivity contribution in [3.63, 3.8) is 0 Å². The molecule has 2 nitrogen and oxygen atoms in total. The molecule has 0 aliphatic heterocycles. The Kier molecular flexibility index (Phi) is 6.79. The highest BCUT2D eigenvalue weighted by Gasteiger charge is 2.21. The SMILES string of the molecule is Brc1cc(N(c2ccccc2)c2ccccc2)c(Br)cc1N(c1ccccc1)c1ccccc1. The topological polar surface area (TPSA) is 6.48 Å². The van der Waals surface area contributed by atoms with Gasteiger partial charge in [0.25, 0.3) is 0 Å². The number of para-hydroxylation sites is 4. The highest BCUT2D eigenvalue weighted by atomic mass is 79.9. The normalized spacial score (nSPS) is 10.6. The zero-order valence-corrected chi connectivity index (χ0v) is 21.5. The second kappa shape index (κ2) is 10.3. The highest BCUT2D eigenvalue weighted by molar-refractivity contribution is 9.11. The average Bonchev–Trinajstić information content (AvgIpc) is 2.90. The van der Waals surface area contributed by atoms with Crippen LogP contribution in [0.25, 0.3) is 0 Å². The lowest BCUT2D eigenvalue weighted by Crippen LogP contribution is -2.13. The minimum absolute atomic E-state index is 0.996. The Labute approximate surface area is 217 Å². The molecule has 0 fully saturated rings. The van der Waals surface area contributed by atoms with E-state index in [1.165, 1.54) is 0 Å². The van der Waals surface area contributed by atoms with Gasteiger partial charge in [-0.15, -0.1) is 0 Å². The van der Waals surface area contributed by atoms with E-state index >= 15 is 0 Å². The van der Waals surface area contributed by atoms with E-state index in [1.54, 1.807) is 0 Å². The van der Waals surface area contributed by atoms with Crippen molar-refractivity contribution in [1.82, 2.24) is 0 Å². The Balaban J connectivity index is 1.67. The molecule has 4 heteroatoms. The highest BCUT2D eigenvalue weighted by Crippen LogP contribution is 2.46. The fourth-order valence-corrected chi connectivity index (χ4v) is 5.05. The van der Waals surface area contributed by atoms with E-state index in [0.29, 0.717) is 0 Å². The van der Waals surface area contributed by atoms with Crippen molar-refractivity contribution in [2.24, 2.45) is 0 Å². The van der Waals surface area contributed by atoms with E-state index in [-0.39, 0.29) is 0 Å². The Bertz CT molecular complexity index is 1170. The molecule has 0 amide bonds. The maximum Gasteiger partial charge on any atom is 0.0616 e. The Hall–Kier alpha value is -3.34. The van der Waals surface area contributed by atoms with E-state index in [9.17, 15) is 0 Å². The third kappa shape index (κ3) is 4.65. The summed E-state index contributed by atoms with van der Waals surface area (Å²) in [5.74, 6) is 0. The molecule has 34 heavy (non-hydrogen) atoms. The van der Waals surface area contributed by atoms with Crippen molar-refractivity contribution >= 4 is 66.0 Å². The third-order valence-corrected chi connectivity index (χ3v) is 6.83. The second-order valence-corrected chi connectivity index (χ2v) is 9.48. The Morgan fingerprint density at radius 2 is 0.588 bits per heavy atom. The summed E-state index contributed by atoms with van der Waals surface area (Å²) in [6.07, 6.45) is 0. The quantitative estimate of drug-likeness (QED) is 0.201. The fraction of sp³-hybridized carbons (Fsp3) is 0. The maximum atomic E-state index is 3.90. The van der Waals surface area contributed by atoms with Crippen molar-refractivity contribution in [3.05, 3.63) is 142 Å². The third-order valence-electron chi connectivity index (χ3n) is 5.56. The van der Waals surface area contributed by atoms with Crippen LogP contribution in [0.15, 0.2) is 142 Å². The van der Waals surface area contributed by atoms with Crippen molar-refractivity contribution in [1.29, 1.82) is 0 Å². The molecule has 0 bridgehead atoms. The van der Waals surface area contributed by atoms with Gasteiger partial charge in [-0.2, -0.15) is 0 Å². The summed E-state index contributed by atoms with van der Waals surface area (Å²) in [6.45, 7) is 0. The minimum atomic E-state index is 0.996. The van der Waals surface area contributed by atoms with Gasteiger partial charge in [-0.1, -0.05) is 72.8 Å². The number of halogens is 2. The van der Waals surface area contributed by atoms with Gasteiger partial charge in [-0.05, 0) is 92.5 Å². The molecule has 0 N–H and O–H groups in total. The molecule has 0 saturated heterocycles. The molecule has 5 rings (SSSR count). The zero-order chi connectivity index (χ0) is 23.3. The van der Waals surface area contributed by atoms with Gasteiger partial charge >= 0.3 is 0 Å². The lowest BCUT2D eigenvalue weighted by Gasteiger charge is -2.30. The summed E-state index contributed by atoms with van der Waals surface area (Å²) in [7, 11) is 0. The van der Waals surface area contributed by atoms with Gasteiger partial charge in [0, 0.05) is 31.7 Å². The van der Waals surface area contributed by atoms with Crippen molar-refractivity contribution in [2.45, 2.75) is 0 Å². The summed E-state index contributed by atoms with van der Waals surface area (Å²) in [4.78, 5) is 4.52. The van der Waals surface area contributed by atoms with Crippen LogP contribution in [-0.2, 0) is 0 Å². The molecule has 0 aromatic heterocycles. The predicted octanol–water partition coefficient (Wildman–Crippen LogP) is 10.2. The molecule has 0 heterocycles. The number of rotatable bonds is 6. The maximum absolute atomic E-state index is 3.90. The lowest BCUT2D eigenvalue weighted by molar-refractivity contribution is 1.24. The molecule has 0 aliphatic carbocycles. The first-order valence-corrected chi connectivity index (χ1v) is 12.6. The van der Waals surface area contributed by atoms with Gasteiger partial charge in [0.2, 0.25) is 0 Å². The molecule has 5 aromatic rings. The van der Waals surface area contributed by atoms with Crippen LogP contribution in [0, 0.1) is 0 Å². The molecule has 0 radical (unpaired) electrons. The van der Waals surface area contributed by atoms with Gasteiger partial charge in [0.1, 0.15) is 0 Å². The standard InChI is InChI=1S/C30H22Br2N2/c31-27-22-30(34(25-17-9-3-10-18-25)26-19-11-4-12-20-26)28(32)21-29(27)33(23-13-5-1-6-14-23)24-15-7-2-8-16-24/h1-22H. The largest absolute Gasteiger partial charge is 0.309 e. The fourth-order valence-electron chi connectivity index (χ4n) is 4.03. The van der Waals surface area contributed by atoms with E-state index in [2.05, 4.69) is 151 Å². The van der Waals surface area contributed by atoms with Crippen LogP contribution in [0.2, 0.25) is 0 Å². The summed E-state index contributed by atoms with van der Waals surface area (Å²) in [5, 5.41) is 0. The number of nitrogens with zero attached hydrogens (tertiary/aromatic N) is 2. The number of benzene rings is 5. The summed E-state index contributed by atoms with van der Waals surface area (Å²) < 4.78 is 1.99. The lowest BCUT2D eigenvalue weighted by atomic mass is 10.1. The first-order chi connectivity index (χ1) is 16.7. The summed E-state index contributed by atoms with van der Waals surface area (Å²) in [5.41, 5.74) is 6.48. The van der Waals surface area contributed by atoms with Gasteiger partial charge < -0.3 is 9.80 Å². The van der Waals surface area contributed by atoms with Crippen LogP contribution in [-0.4, -0.2) is 0 Å². The van der Waals surface area contributed by atoms with Gasteiger partial charge in [-0.3, -0.25) is 0 Å². The zero-order valence-electron chi connectivity index (χ0n) is 18.4. The Morgan fingerprint density at radius 3 is 0.824 bits per heavy atom. The molecule has 166 valence electrons. The molecule has 5 aromatic carbocycles. The van der Waals surface area contributed by atoms with Gasteiger partial charge in [0.15, 0.2) is 0 Å². The van der Waals surface area contributed by atoms with Gasteiger partial charge in [-0.25, -0.2) is 0 Å². The molecular weight excluding hydrogens is 548 g/mol. The van der Waals surface area contributed by atoms with Crippen molar-refractivity contribution in [3.8, 4) is 0 Å². The van der Waals surface area contributed by atoms with E-state index in [0.717, 1.165) is 43.1 Å². The van der Waals surface area contributed by atoms with Crippen molar-refractivity contribution < 1.29 is 0 Å². The second-order valence-electron chi connectivity index (χ2n) is 7.77. The van der Waals surface area contributed by atoms with Gasteiger partial charge in [0.05, 0.1) is 11.4 Å². The van der Waals surface area contributed by atoms with Crippen molar-refractivity contribution in [2.75, 3.05) is 9.80 Å². The molecule has 0 atom stereocenters. The van der Waals surface area contributed by atoms with E-state index in [4.69, 9.17) is 0 Å². The number of hydrogen-bond donors (Lipinski definition) is 0. The van der Waals surface area contributed by atoms with Crippen LogP contribution in [0.1, 0.15) is 0 Å². The molecular formula is C30H22Br2N2. The predicted molar refractivity (Wildman–Crippen MR) is 151 cm³/mol. The minimum Gasteiger partial charge on any atom is -0.309 e. The number of anilines is 6. The Morgan fingerprint density at radius 1 is 0.353 bits per heavy atom. The monoisotopic (exact) mass is 568 g/mol. The van der Waals surface area contributed by atoms with Crippen LogP contribution in [0.5, 0.6) is 0 Å². The van der Waals surface area contributed by atoms with Crippen LogP contribution < -0.4 is 9.80 Å². The molecule has 0 spiro atoms. The van der Waals surface area contributed by atoms with Crippen LogP contribution in [0.3, 0.4) is 0 Å². The first kappa shape index (κ1) is 22.5.